The minimum absolute atomic E-state index is 0.0599. The molecule has 2 N–H and O–H groups in total. The second-order valence-electron chi connectivity index (χ2n) is 7.73. The van der Waals surface area contributed by atoms with Crippen molar-refractivity contribution >= 4 is 11.9 Å². The van der Waals surface area contributed by atoms with E-state index in [1.165, 1.54) is 0 Å². The van der Waals surface area contributed by atoms with E-state index in [1.807, 2.05) is 18.7 Å². The molecule has 0 radical (unpaired) electrons. The van der Waals surface area contributed by atoms with Gasteiger partial charge in [-0.15, -0.1) is 0 Å². The molecule has 1 atom stereocenters. The number of carbonyl (C=O) groups is 1. The molecule has 2 aliphatic heterocycles. The van der Waals surface area contributed by atoms with Crippen molar-refractivity contribution in [3.63, 3.8) is 0 Å². The predicted octanol–water partition coefficient (Wildman–Crippen LogP) is 0.519. The number of amides is 1. The van der Waals surface area contributed by atoms with Crippen molar-refractivity contribution in [2.45, 2.75) is 44.7 Å². The van der Waals surface area contributed by atoms with Crippen molar-refractivity contribution in [3.8, 4) is 0 Å². The zero-order valence-electron chi connectivity index (χ0n) is 16.5. The van der Waals surface area contributed by atoms with Crippen LogP contribution in [-0.2, 0) is 9.53 Å². The summed E-state index contributed by atoms with van der Waals surface area (Å²) < 4.78 is 5.53. The van der Waals surface area contributed by atoms with Gasteiger partial charge in [-0.25, -0.2) is 0 Å². The molecule has 2 fully saturated rings. The van der Waals surface area contributed by atoms with E-state index >= 15 is 0 Å². The third-order valence-corrected chi connectivity index (χ3v) is 5.52. The van der Waals surface area contributed by atoms with Crippen LogP contribution < -0.4 is 10.6 Å². The molecular weight excluding hydrogens is 318 g/mol. The summed E-state index contributed by atoms with van der Waals surface area (Å²) >= 11 is 0. The maximum Gasteiger partial charge on any atom is 0.225 e. The smallest absolute Gasteiger partial charge is 0.225 e. The SMILES string of the molecule is CN=C(NCC1(N(C)C)CCOCC1)NC1CCN(C(=O)C(C)C)C1. The highest BCUT2D eigenvalue weighted by Crippen LogP contribution is 2.25. The summed E-state index contributed by atoms with van der Waals surface area (Å²) in [4.78, 5) is 20.8. The van der Waals surface area contributed by atoms with Crippen LogP contribution in [0, 0.1) is 5.92 Å². The van der Waals surface area contributed by atoms with Crippen molar-refractivity contribution in [1.29, 1.82) is 0 Å². The Hall–Kier alpha value is -1.34. The average Bonchev–Trinajstić information content (AvgIpc) is 3.06. The molecule has 2 saturated heterocycles. The van der Waals surface area contributed by atoms with E-state index in [0.717, 1.165) is 58.1 Å². The van der Waals surface area contributed by atoms with E-state index in [9.17, 15) is 4.79 Å². The molecule has 25 heavy (non-hydrogen) atoms. The quantitative estimate of drug-likeness (QED) is 0.557. The maximum atomic E-state index is 12.1. The second kappa shape index (κ2) is 8.85. The summed E-state index contributed by atoms with van der Waals surface area (Å²) in [5.41, 5.74) is 0.102. The highest BCUT2D eigenvalue weighted by molar-refractivity contribution is 5.81. The van der Waals surface area contributed by atoms with E-state index in [-0.39, 0.29) is 23.4 Å². The molecule has 1 unspecified atom stereocenters. The molecule has 7 heteroatoms. The number of carbonyl (C=O) groups excluding carboxylic acids is 1. The van der Waals surface area contributed by atoms with E-state index in [1.54, 1.807) is 7.05 Å². The minimum Gasteiger partial charge on any atom is -0.381 e. The molecule has 0 aromatic heterocycles. The zero-order valence-corrected chi connectivity index (χ0v) is 16.5. The molecule has 0 bridgehead atoms. The van der Waals surface area contributed by atoms with E-state index in [2.05, 4.69) is 34.6 Å². The summed E-state index contributed by atoms with van der Waals surface area (Å²) in [5, 5.41) is 6.97. The highest BCUT2D eigenvalue weighted by atomic mass is 16.5. The van der Waals surface area contributed by atoms with Crippen molar-refractivity contribution < 1.29 is 9.53 Å². The van der Waals surface area contributed by atoms with Crippen LogP contribution in [0.4, 0.5) is 0 Å². The van der Waals surface area contributed by atoms with Gasteiger partial charge < -0.3 is 25.2 Å². The summed E-state index contributed by atoms with van der Waals surface area (Å²) in [5.74, 6) is 1.11. The Bertz CT molecular complexity index is 472. The van der Waals surface area contributed by atoms with Crippen molar-refractivity contribution in [2.75, 3.05) is 54.0 Å². The van der Waals surface area contributed by atoms with Crippen LogP contribution in [0.1, 0.15) is 33.1 Å². The minimum atomic E-state index is 0.0599. The van der Waals surface area contributed by atoms with Crippen molar-refractivity contribution in [3.05, 3.63) is 0 Å². The molecule has 2 heterocycles. The first kappa shape index (κ1) is 20.0. The Kier molecular flexibility index (Phi) is 7.07. The van der Waals surface area contributed by atoms with Crippen molar-refractivity contribution in [2.24, 2.45) is 10.9 Å². The zero-order chi connectivity index (χ0) is 18.4. The molecule has 0 aliphatic carbocycles. The van der Waals surface area contributed by atoms with Gasteiger partial charge in [0.15, 0.2) is 5.96 Å². The number of ether oxygens (including phenoxy) is 1. The summed E-state index contributed by atoms with van der Waals surface area (Å²) in [6.45, 7) is 7.94. The monoisotopic (exact) mass is 353 g/mol. The van der Waals surface area contributed by atoms with Gasteiger partial charge in [0.25, 0.3) is 0 Å². The van der Waals surface area contributed by atoms with Gasteiger partial charge in [-0.2, -0.15) is 0 Å². The lowest BCUT2D eigenvalue weighted by molar-refractivity contribution is -0.133. The number of likely N-dealkylation sites (tertiary alicyclic amines) is 1. The molecule has 0 aromatic carbocycles. The van der Waals surface area contributed by atoms with Gasteiger partial charge in [-0.3, -0.25) is 9.79 Å². The van der Waals surface area contributed by atoms with Crippen LogP contribution in [0.2, 0.25) is 0 Å². The van der Waals surface area contributed by atoms with Gasteiger partial charge in [0.2, 0.25) is 5.91 Å². The molecule has 2 rings (SSSR count). The Morgan fingerprint density at radius 1 is 1.36 bits per heavy atom. The molecule has 7 nitrogen and oxygen atoms in total. The van der Waals surface area contributed by atoms with Crippen LogP contribution in [0.15, 0.2) is 4.99 Å². The lowest BCUT2D eigenvalue weighted by Crippen LogP contribution is -2.57. The largest absolute Gasteiger partial charge is 0.381 e. The van der Waals surface area contributed by atoms with Crippen LogP contribution in [0.25, 0.3) is 0 Å². The lowest BCUT2D eigenvalue weighted by atomic mass is 9.88. The average molecular weight is 354 g/mol. The van der Waals surface area contributed by atoms with Gasteiger partial charge in [0, 0.05) is 57.4 Å². The van der Waals surface area contributed by atoms with Crippen LogP contribution in [0.3, 0.4) is 0 Å². The first-order valence-electron chi connectivity index (χ1n) is 9.39. The van der Waals surface area contributed by atoms with E-state index < -0.39 is 0 Å². The van der Waals surface area contributed by atoms with Gasteiger partial charge >= 0.3 is 0 Å². The topological polar surface area (TPSA) is 69.2 Å². The van der Waals surface area contributed by atoms with E-state index in [0.29, 0.717) is 0 Å². The molecule has 0 aromatic rings. The molecule has 0 spiro atoms. The Labute approximate surface area is 152 Å². The Morgan fingerprint density at radius 3 is 2.60 bits per heavy atom. The lowest BCUT2D eigenvalue weighted by Gasteiger charge is -2.43. The predicted molar refractivity (Wildman–Crippen MR) is 101 cm³/mol. The van der Waals surface area contributed by atoms with Gasteiger partial charge in [0.1, 0.15) is 0 Å². The first-order valence-corrected chi connectivity index (χ1v) is 9.39. The molecular formula is C18H35N5O2. The second-order valence-corrected chi connectivity index (χ2v) is 7.73. The molecule has 0 saturated carbocycles. The summed E-state index contributed by atoms with van der Waals surface area (Å²) in [6.07, 6.45) is 3.00. The third kappa shape index (κ3) is 5.07. The Balaban J connectivity index is 1.86. The summed E-state index contributed by atoms with van der Waals surface area (Å²) in [7, 11) is 6.07. The number of nitrogens with zero attached hydrogens (tertiary/aromatic N) is 3. The first-order chi connectivity index (χ1) is 11.9. The number of nitrogens with one attached hydrogen (secondary N) is 2. The molecule has 144 valence electrons. The maximum absolute atomic E-state index is 12.1. The number of aliphatic imine (C=N–C) groups is 1. The van der Waals surface area contributed by atoms with Crippen LogP contribution >= 0.6 is 0 Å². The summed E-state index contributed by atoms with van der Waals surface area (Å²) in [6, 6.07) is 0.263. The fourth-order valence-corrected chi connectivity index (χ4v) is 3.61. The highest BCUT2D eigenvalue weighted by Gasteiger charge is 2.35. The number of guanidine groups is 1. The van der Waals surface area contributed by atoms with E-state index in [4.69, 9.17) is 4.74 Å². The standard InChI is InChI=1S/C18H35N5O2/c1-14(2)16(24)23-9-6-15(12-23)21-17(19-3)20-13-18(22(4)5)7-10-25-11-8-18/h14-15H,6-13H2,1-5H3,(H2,19,20,21). The fraction of sp³-hybridized carbons (Fsp3) is 0.889. The van der Waals surface area contributed by atoms with Crippen LogP contribution in [-0.4, -0.2) is 87.2 Å². The van der Waals surface area contributed by atoms with Gasteiger partial charge in [0.05, 0.1) is 0 Å². The molecule has 1 amide bonds. The number of hydrogen-bond acceptors (Lipinski definition) is 4. The van der Waals surface area contributed by atoms with Crippen LogP contribution in [0.5, 0.6) is 0 Å². The van der Waals surface area contributed by atoms with Gasteiger partial charge in [-0.1, -0.05) is 13.8 Å². The van der Waals surface area contributed by atoms with Gasteiger partial charge in [-0.05, 0) is 33.4 Å². The third-order valence-electron chi connectivity index (χ3n) is 5.52. The Morgan fingerprint density at radius 2 is 2.04 bits per heavy atom. The number of rotatable bonds is 5. The number of likely N-dealkylation sites (N-methyl/N-ethyl adjacent to an activating group) is 1. The number of hydrogen-bond donors (Lipinski definition) is 2. The molecule has 2 aliphatic rings. The normalized spacial score (nSPS) is 24.0. The fourth-order valence-electron chi connectivity index (χ4n) is 3.61. The van der Waals surface area contributed by atoms with Crippen molar-refractivity contribution in [1.82, 2.24) is 20.4 Å².